The number of nitrogens with zero attached hydrogens (tertiary/aromatic N) is 1. The van der Waals surface area contributed by atoms with Gasteiger partial charge in [0.25, 0.3) is 0 Å². The lowest BCUT2D eigenvalue weighted by Gasteiger charge is -2.24. The van der Waals surface area contributed by atoms with Crippen LogP contribution in [0.15, 0.2) is 36.5 Å². The van der Waals surface area contributed by atoms with E-state index in [0.29, 0.717) is 19.2 Å². The SMILES string of the molecule is O=C(NCCNc1ncc(C(F)(F)F)cc1Cl)C1COc2ccccc2C1. The van der Waals surface area contributed by atoms with Crippen molar-refractivity contribution in [3.05, 3.63) is 52.7 Å². The average Bonchev–Trinajstić information content (AvgIpc) is 2.64. The van der Waals surface area contributed by atoms with Crippen molar-refractivity contribution in [2.75, 3.05) is 25.0 Å². The summed E-state index contributed by atoms with van der Waals surface area (Å²) < 4.78 is 43.4. The van der Waals surface area contributed by atoms with Crippen molar-refractivity contribution >= 4 is 23.3 Å². The number of halogens is 4. The molecule has 0 radical (unpaired) electrons. The number of nitrogens with one attached hydrogen (secondary N) is 2. The van der Waals surface area contributed by atoms with Gasteiger partial charge in [0.2, 0.25) is 5.91 Å². The van der Waals surface area contributed by atoms with Crippen LogP contribution in [0.2, 0.25) is 5.02 Å². The summed E-state index contributed by atoms with van der Waals surface area (Å²) in [6.45, 7) is 0.854. The summed E-state index contributed by atoms with van der Waals surface area (Å²) in [6, 6.07) is 8.38. The maximum absolute atomic E-state index is 12.6. The molecule has 2 aromatic rings. The number of ether oxygens (including phenoxy) is 1. The van der Waals surface area contributed by atoms with Crippen LogP contribution in [-0.2, 0) is 17.4 Å². The highest BCUT2D eigenvalue weighted by Crippen LogP contribution is 2.32. The fourth-order valence-corrected chi connectivity index (χ4v) is 2.96. The van der Waals surface area contributed by atoms with Crippen LogP contribution in [0.4, 0.5) is 19.0 Å². The van der Waals surface area contributed by atoms with Crippen LogP contribution in [0.3, 0.4) is 0 Å². The molecule has 144 valence electrons. The largest absolute Gasteiger partial charge is 0.492 e. The van der Waals surface area contributed by atoms with Crippen molar-refractivity contribution in [1.82, 2.24) is 10.3 Å². The first kappa shape index (κ1) is 19.3. The number of fused-ring (bicyclic) bond motifs is 1. The van der Waals surface area contributed by atoms with Crippen molar-refractivity contribution in [2.45, 2.75) is 12.6 Å². The topological polar surface area (TPSA) is 63.2 Å². The van der Waals surface area contributed by atoms with Gasteiger partial charge in [-0.15, -0.1) is 0 Å². The van der Waals surface area contributed by atoms with Crippen molar-refractivity contribution in [2.24, 2.45) is 5.92 Å². The second-order valence-corrected chi connectivity index (χ2v) is 6.50. The van der Waals surface area contributed by atoms with Gasteiger partial charge in [-0.25, -0.2) is 4.98 Å². The Hall–Kier alpha value is -2.48. The third kappa shape index (κ3) is 4.82. The molecule has 0 fully saturated rings. The molecular weight excluding hydrogens is 383 g/mol. The number of pyridine rings is 1. The molecule has 0 spiro atoms. The smallest absolute Gasteiger partial charge is 0.417 e. The monoisotopic (exact) mass is 399 g/mol. The molecule has 1 amide bonds. The zero-order valence-corrected chi connectivity index (χ0v) is 14.9. The van der Waals surface area contributed by atoms with Crippen LogP contribution in [-0.4, -0.2) is 30.6 Å². The Labute approximate surface area is 158 Å². The second kappa shape index (κ2) is 8.04. The van der Waals surface area contributed by atoms with Crippen LogP contribution in [0.1, 0.15) is 11.1 Å². The highest BCUT2D eigenvalue weighted by molar-refractivity contribution is 6.32. The molecule has 1 atom stereocenters. The maximum Gasteiger partial charge on any atom is 0.417 e. The summed E-state index contributed by atoms with van der Waals surface area (Å²) >= 11 is 5.82. The minimum absolute atomic E-state index is 0.131. The number of anilines is 1. The van der Waals surface area contributed by atoms with E-state index in [1.165, 1.54) is 0 Å². The van der Waals surface area contributed by atoms with Gasteiger partial charge in [-0.2, -0.15) is 13.2 Å². The molecule has 0 bridgehead atoms. The first-order valence-corrected chi connectivity index (χ1v) is 8.67. The molecule has 0 saturated heterocycles. The lowest BCUT2D eigenvalue weighted by molar-refractivity contribution is -0.137. The number of alkyl halides is 3. The minimum atomic E-state index is -4.50. The minimum Gasteiger partial charge on any atom is -0.492 e. The number of benzene rings is 1. The molecule has 9 heteroatoms. The number of para-hydroxylation sites is 1. The predicted molar refractivity (Wildman–Crippen MR) is 94.9 cm³/mol. The number of rotatable bonds is 5. The Bertz CT molecular complexity index is 830. The number of aromatic nitrogens is 1. The zero-order valence-electron chi connectivity index (χ0n) is 14.1. The van der Waals surface area contributed by atoms with Gasteiger partial charge in [-0.1, -0.05) is 29.8 Å². The third-order valence-corrected chi connectivity index (χ3v) is 4.42. The molecule has 2 heterocycles. The van der Waals surface area contributed by atoms with Gasteiger partial charge in [0.05, 0.1) is 16.5 Å². The molecule has 27 heavy (non-hydrogen) atoms. The van der Waals surface area contributed by atoms with E-state index in [2.05, 4.69) is 15.6 Å². The van der Waals surface area contributed by atoms with E-state index >= 15 is 0 Å². The summed E-state index contributed by atoms with van der Waals surface area (Å²) in [5, 5.41) is 5.45. The Morgan fingerprint density at radius 2 is 2.07 bits per heavy atom. The molecule has 0 aliphatic carbocycles. The van der Waals surface area contributed by atoms with Crippen LogP contribution in [0, 0.1) is 5.92 Å². The van der Waals surface area contributed by atoms with Gasteiger partial charge < -0.3 is 15.4 Å². The molecular formula is C18H17ClF3N3O2. The number of carbonyl (C=O) groups is 1. The van der Waals surface area contributed by atoms with Crippen LogP contribution < -0.4 is 15.4 Å². The second-order valence-electron chi connectivity index (χ2n) is 6.09. The number of hydrogen-bond donors (Lipinski definition) is 2. The maximum atomic E-state index is 12.6. The number of carbonyl (C=O) groups excluding carboxylic acids is 1. The van der Waals surface area contributed by atoms with Crippen LogP contribution >= 0.6 is 11.6 Å². The fraction of sp³-hybridized carbons (Fsp3) is 0.333. The summed E-state index contributed by atoms with van der Waals surface area (Å²) in [5.74, 6) is 0.505. The van der Waals surface area contributed by atoms with E-state index in [9.17, 15) is 18.0 Å². The van der Waals surface area contributed by atoms with Crippen molar-refractivity contribution in [3.63, 3.8) is 0 Å². The van der Waals surface area contributed by atoms with Crippen LogP contribution in [0.25, 0.3) is 0 Å². The van der Waals surface area contributed by atoms with Gasteiger partial charge in [0, 0.05) is 19.3 Å². The Kier molecular flexibility index (Phi) is 5.74. The first-order chi connectivity index (χ1) is 12.8. The third-order valence-electron chi connectivity index (χ3n) is 4.13. The quantitative estimate of drug-likeness (QED) is 0.755. The van der Waals surface area contributed by atoms with E-state index in [1.807, 2.05) is 24.3 Å². The summed E-state index contributed by atoms with van der Waals surface area (Å²) in [6.07, 6.45) is -3.19. The number of hydrogen-bond acceptors (Lipinski definition) is 4. The molecule has 1 aromatic carbocycles. The van der Waals surface area contributed by atoms with Gasteiger partial charge >= 0.3 is 6.18 Å². The molecule has 1 unspecified atom stereocenters. The first-order valence-electron chi connectivity index (χ1n) is 8.29. The molecule has 5 nitrogen and oxygen atoms in total. The van der Waals surface area contributed by atoms with E-state index in [4.69, 9.17) is 16.3 Å². The average molecular weight is 400 g/mol. The molecule has 0 saturated carbocycles. The van der Waals surface area contributed by atoms with Gasteiger partial charge in [0.15, 0.2) is 0 Å². The molecule has 1 aromatic heterocycles. The Balaban J connectivity index is 1.46. The van der Waals surface area contributed by atoms with E-state index in [0.717, 1.165) is 17.4 Å². The highest BCUT2D eigenvalue weighted by atomic mass is 35.5. The lowest BCUT2D eigenvalue weighted by atomic mass is 9.96. The lowest BCUT2D eigenvalue weighted by Crippen LogP contribution is -2.39. The van der Waals surface area contributed by atoms with Gasteiger partial charge in [-0.3, -0.25) is 4.79 Å². The molecule has 1 aliphatic heterocycles. The highest BCUT2D eigenvalue weighted by Gasteiger charge is 2.31. The van der Waals surface area contributed by atoms with Crippen molar-refractivity contribution < 1.29 is 22.7 Å². The van der Waals surface area contributed by atoms with Crippen LogP contribution in [0.5, 0.6) is 5.75 Å². The summed E-state index contributed by atoms with van der Waals surface area (Å²) in [5.41, 5.74) is 0.0756. The van der Waals surface area contributed by atoms with Gasteiger partial charge in [0.1, 0.15) is 18.2 Å². The summed E-state index contributed by atoms with van der Waals surface area (Å²) in [7, 11) is 0. The van der Waals surface area contributed by atoms with E-state index < -0.39 is 11.7 Å². The van der Waals surface area contributed by atoms with Crippen molar-refractivity contribution in [1.29, 1.82) is 0 Å². The van der Waals surface area contributed by atoms with E-state index in [1.54, 1.807) is 0 Å². The van der Waals surface area contributed by atoms with Crippen molar-refractivity contribution in [3.8, 4) is 5.75 Å². The Morgan fingerprint density at radius 3 is 2.81 bits per heavy atom. The number of amides is 1. The Morgan fingerprint density at radius 1 is 1.30 bits per heavy atom. The zero-order chi connectivity index (χ0) is 19.4. The fourth-order valence-electron chi connectivity index (χ4n) is 2.73. The molecule has 3 rings (SSSR count). The summed E-state index contributed by atoms with van der Waals surface area (Å²) in [4.78, 5) is 15.9. The predicted octanol–water partition coefficient (Wildman–Crippen LogP) is 3.53. The van der Waals surface area contributed by atoms with E-state index in [-0.39, 0.29) is 35.8 Å². The normalized spacial score (nSPS) is 16.2. The molecule has 1 aliphatic rings. The molecule has 2 N–H and O–H groups in total. The standard InChI is InChI=1S/C18H17ClF3N3O2/c19-14-8-13(18(20,21)22)9-25-16(14)23-5-6-24-17(26)12-7-11-3-1-2-4-15(11)27-10-12/h1-4,8-9,12H,5-7,10H2,(H,23,25)(H,24,26). The van der Waals surface area contributed by atoms with Gasteiger partial charge in [-0.05, 0) is 24.1 Å².